The quantitative estimate of drug-likeness (QED) is 0.623. The molecule has 7 nitrogen and oxygen atoms in total. The van der Waals surface area contributed by atoms with Crippen molar-refractivity contribution in [1.29, 1.82) is 0 Å². The van der Waals surface area contributed by atoms with Gasteiger partial charge in [-0.15, -0.1) is 0 Å². The van der Waals surface area contributed by atoms with Crippen molar-refractivity contribution in [3.05, 3.63) is 0 Å². The van der Waals surface area contributed by atoms with E-state index in [1.807, 2.05) is 6.92 Å². The van der Waals surface area contributed by atoms with Gasteiger partial charge in [-0.25, -0.2) is 8.42 Å². The van der Waals surface area contributed by atoms with Crippen LogP contribution in [0.4, 0.5) is 0 Å². The molecule has 0 radical (unpaired) electrons. The molecule has 0 bridgehead atoms. The summed E-state index contributed by atoms with van der Waals surface area (Å²) in [6, 6.07) is -0.307. The third-order valence-electron chi connectivity index (χ3n) is 3.03. The number of hydrogen-bond acceptors (Lipinski definition) is 5. The first kappa shape index (κ1) is 16.4. The Balaban J connectivity index is 2.39. The van der Waals surface area contributed by atoms with Gasteiger partial charge in [0.25, 0.3) is 0 Å². The van der Waals surface area contributed by atoms with Crippen LogP contribution >= 0.6 is 0 Å². The number of sulfonamides is 1. The average molecular weight is 294 g/mol. The van der Waals surface area contributed by atoms with Crippen molar-refractivity contribution in [2.45, 2.75) is 25.8 Å². The summed E-state index contributed by atoms with van der Waals surface area (Å²) in [5.74, 6) is -0.557. The molecule has 0 unspecified atom stereocenters. The van der Waals surface area contributed by atoms with E-state index in [0.717, 1.165) is 0 Å². The van der Waals surface area contributed by atoms with Crippen LogP contribution in [0.3, 0.4) is 0 Å². The predicted molar refractivity (Wildman–Crippen MR) is 70.1 cm³/mol. The van der Waals surface area contributed by atoms with Crippen molar-refractivity contribution in [2.75, 3.05) is 38.7 Å². The maximum atomic E-state index is 12.0. The molecule has 1 saturated heterocycles. The molecule has 0 saturated carbocycles. The largest absolute Gasteiger partial charge is 0.394 e. The molecule has 0 aliphatic carbocycles. The number of amides is 1. The SMILES string of the molecule is CC[C@H](CO)NC(=O)CCS(=O)(=O)N1CCOCC1. The van der Waals surface area contributed by atoms with E-state index >= 15 is 0 Å². The molecular weight excluding hydrogens is 272 g/mol. The van der Waals surface area contributed by atoms with Crippen molar-refractivity contribution >= 4 is 15.9 Å². The number of carbonyl (C=O) groups is 1. The molecule has 1 atom stereocenters. The summed E-state index contributed by atoms with van der Waals surface area (Å²) in [6.45, 7) is 3.18. The molecule has 1 amide bonds. The lowest BCUT2D eigenvalue weighted by Gasteiger charge is -2.26. The zero-order valence-electron chi connectivity index (χ0n) is 11.2. The first-order valence-electron chi connectivity index (χ1n) is 6.45. The maximum Gasteiger partial charge on any atom is 0.221 e. The van der Waals surface area contributed by atoms with Crippen molar-refractivity contribution in [1.82, 2.24) is 9.62 Å². The number of ether oxygens (including phenoxy) is 1. The van der Waals surface area contributed by atoms with Gasteiger partial charge in [0.1, 0.15) is 0 Å². The van der Waals surface area contributed by atoms with Crippen molar-refractivity contribution in [3.8, 4) is 0 Å². The van der Waals surface area contributed by atoms with Gasteiger partial charge in [-0.2, -0.15) is 4.31 Å². The number of rotatable bonds is 7. The number of aliphatic hydroxyl groups is 1. The number of morpholine rings is 1. The zero-order valence-corrected chi connectivity index (χ0v) is 12.0. The second-order valence-corrected chi connectivity index (χ2v) is 6.52. The lowest BCUT2D eigenvalue weighted by atomic mass is 10.2. The highest BCUT2D eigenvalue weighted by atomic mass is 32.2. The number of hydrogen-bond donors (Lipinski definition) is 2. The fraction of sp³-hybridized carbons (Fsp3) is 0.909. The Morgan fingerprint density at radius 3 is 2.58 bits per heavy atom. The number of carbonyl (C=O) groups excluding carboxylic acids is 1. The Hall–Kier alpha value is -0.700. The summed E-state index contributed by atoms with van der Waals surface area (Å²) in [7, 11) is -3.40. The van der Waals surface area contributed by atoms with Crippen molar-refractivity contribution in [2.24, 2.45) is 0 Å². The Labute approximate surface area is 114 Å². The summed E-state index contributed by atoms with van der Waals surface area (Å²) >= 11 is 0. The topological polar surface area (TPSA) is 95.9 Å². The zero-order chi connectivity index (χ0) is 14.3. The second-order valence-electron chi connectivity index (χ2n) is 4.43. The third kappa shape index (κ3) is 5.43. The molecule has 1 fully saturated rings. The first-order chi connectivity index (χ1) is 8.99. The molecule has 1 aliphatic heterocycles. The van der Waals surface area contributed by atoms with Crippen LogP contribution in [0.25, 0.3) is 0 Å². The van der Waals surface area contributed by atoms with E-state index in [-0.39, 0.29) is 30.7 Å². The van der Waals surface area contributed by atoms with Crippen molar-refractivity contribution < 1.29 is 23.1 Å². The van der Waals surface area contributed by atoms with Crippen LogP contribution in [0.2, 0.25) is 0 Å². The van der Waals surface area contributed by atoms with E-state index in [1.165, 1.54) is 4.31 Å². The summed E-state index contributed by atoms with van der Waals surface area (Å²) < 4.78 is 30.4. The standard InChI is InChI=1S/C11H22N2O5S/c1-2-10(9-14)12-11(15)3-8-19(16,17)13-4-6-18-7-5-13/h10,14H,2-9H2,1H3,(H,12,15)/t10-/m1/s1. The minimum atomic E-state index is -3.40. The summed E-state index contributed by atoms with van der Waals surface area (Å²) in [6.07, 6.45) is 0.522. The molecule has 0 spiro atoms. The van der Waals surface area contributed by atoms with Gasteiger partial charge in [-0.3, -0.25) is 4.79 Å². The van der Waals surface area contributed by atoms with Crippen molar-refractivity contribution in [3.63, 3.8) is 0 Å². The molecule has 1 aliphatic rings. The van der Waals surface area contributed by atoms with E-state index in [4.69, 9.17) is 9.84 Å². The highest BCUT2D eigenvalue weighted by molar-refractivity contribution is 7.89. The molecule has 1 heterocycles. The van der Waals surface area contributed by atoms with Gasteiger partial charge in [-0.1, -0.05) is 6.92 Å². The minimum Gasteiger partial charge on any atom is -0.394 e. The molecule has 8 heteroatoms. The van der Waals surface area contributed by atoms with Gasteiger partial charge in [0.05, 0.1) is 31.6 Å². The molecule has 0 aromatic heterocycles. The summed E-state index contributed by atoms with van der Waals surface area (Å²) in [5.41, 5.74) is 0. The van der Waals surface area contributed by atoms with Crippen LogP contribution in [-0.4, -0.2) is 68.4 Å². The molecule has 0 aromatic rings. The monoisotopic (exact) mass is 294 g/mol. The molecule has 112 valence electrons. The van der Waals surface area contributed by atoms with Gasteiger partial charge in [0.2, 0.25) is 15.9 Å². The number of nitrogens with zero attached hydrogens (tertiary/aromatic N) is 1. The molecule has 1 rings (SSSR count). The van der Waals surface area contributed by atoms with Crippen LogP contribution in [0.1, 0.15) is 19.8 Å². The van der Waals surface area contributed by atoms with Gasteiger partial charge < -0.3 is 15.2 Å². The van der Waals surface area contributed by atoms with E-state index in [0.29, 0.717) is 32.7 Å². The Morgan fingerprint density at radius 1 is 1.42 bits per heavy atom. The minimum absolute atomic E-state index is 0.0871. The van der Waals surface area contributed by atoms with Crippen LogP contribution < -0.4 is 5.32 Å². The fourth-order valence-corrected chi connectivity index (χ4v) is 3.16. The van der Waals surface area contributed by atoms with Gasteiger partial charge >= 0.3 is 0 Å². The van der Waals surface area contributed by atoms with Crippen LogP contribution in [0.15, 0.2) is 0 Å². The van der Waals surface area contributed by atoms with Crippen LogP contribution in [0, 0.1) is 0 Å². The average Bonchev–Trinajstić information content (AvgIpc) is 2.43. The second kappa shape index (κ2) is 7.78. The maximum absolute atomic E-state index is 12.0. The Kier molecular flexibility index (Phi) is 6.70. The molecule has 0 aromatic carbocycles. The Bertz CT molecular complexity index is 375. The molecule has 2 N–H and O–H groups in total. The predicted octanol–water partition coefficient (Wildman–Crippen LogP) is -1.07. The van der Waals surface area contributed by atoms with E-state index < -0.39 is 10.0 Å². The highest BCUT2D eigenvalue weighted by Gasteiger charge is 2.25. The number of aliphatic hydroxyl groups excluding tert-OH is 1. The normalized spacial score (nSPS) is 19.1. The van der Waals surface area contributed by atoms with Gasteiger partial charge in [0.15, 0.2) is 0 Å². The molecule has 19 heavy (non-hydrogen) atoms. The summed E-state index contributed by atoms with van der Waals surface area (Å²) in [4.78, 5) is 11.6. The lowest BCUT2D eigenvalue weighted by Crippen LogP contribution is -2.43. The summed E-state index contributed by atoms with van der Waals surface area (Å²) in [5, 5.41) is 11.5. The number of nitrogens with one attached hydrogen (secondary N) is 1. The van der Waals surface area contributed by atoms with Crippen LogP contribution in [0.5, 0.6) is 0 Å². The lowest BCUT2D eigenvalue weighted by molar-refractivity contribution is -0.121. The Morgan fingerprint density at radius 2 is 2.05 bits per heavy atom. The van der Waals surface area contributed by atoms with Crippen LogP contribution in [-0.2, 0) is 19.6 Å². The van der Waals surface area contributed by atoms with Gasteiger partial charge in [0, 0.05) is 19.5 Å². The van der Waals surface area contributed by atoms with E-state index in [1.54, 1.807) is 0 Å². The fourth-order valence-electron chi connectivity index (χ4n) is 1.75. The van der Waals surface area contributed by atoms with E-state index in [2.05, 4.69) is 5.32 Å². The van der Waals surface area contributed by atoms with Gasteiger partial charge in [-0.05, 0) is 6.42 Å². The first-order valence-corrected chi connectivity index (χ1v) is 8.06. The molecular formula is C11H22N2O5S. The van der Waals surface area contributed by atoms with E-state index in [9.17, 15) is 13.2 Å². The third-order valence-corrected chi connectivity index (χ3v) is 4.90. The highest BCUT2D eigenvalue weighted by Crippen LogP contribution is 2.07. The smallest absolute Gasteiger partial charge is 0.221 e.